The highest BCUT2D eigenvalue weighted by molar-refractivity contribution is 5.78. The Balaban J connectivity index is 3.39. The molecule has 0 bridgehead atoms. The van der Waals surface area contributed by atoms with Crippen LogP contribution < -0.4 is 20.1 Å². The van der Waals surface area contributed by atoms with E-state index in [-0.39, 0.29) is 0 Å². The van der Waals surface area contributed by atoms with Crippen LogP contribution in [0.3, 0.4) is 0 Å². The van der Waals surface area contributed by atoms with E-state index >= 15 is 0 Å². The van der Waals surface area contributed by atoms with Crippen molar-refractivity contribution in [3.05, 3.63) is 17.7 Å². The minimum absolute atomic E-state index is 0.382. The quantitative estimate of drug-likeness (QED) is 0.810. The third kappa shape index (κ3) is 2.65. The van der Waals surface area contributed by atoms with Crippen LogP contribution >= 0.6 is 0 Å². The van der Waals surface area contributed by atoms with E-state index < -0.39 is 12.0 Å². The normalized spacial score (nSPS) is 11.8. The van der Waals surface area contributed by atoms with E-state index in [0.717, 1.165) is 5.69 Å². The lowest BCUT2D eigenvalue weighted by Crippen LogP contribution is -2.22. The highest BCUT2D eigenvalue weighted by atomic mass is 16.5. The van der Waals surface area contributed by atoms with E-state index in [0.29, 0.717) is 17.1 Å². The van der Waals surface area contributed by atoms with Gasteiger partial charge in [0.25, 0.3) is 0 Å². The van der Waals surface area contributed by atoms with Gasteiger partial charge >= 0.3 is 5.97 Å². The summed E-state index contributed by atoms with van der Waals surface area (Å²) in [5, 5.41) is 8.97. The number of rotatable bonds is 5. The first-order valence-corrected chi connectivity index (χ1v) is 5.34. The standard InChI is InChI=1S/C12H18N2O4/c1-14(2)8-6-9(17-3)7(5-10(8)18-4)11(13)12(15)16/h5-6,11H,13H2,1-4H3,(H,15,16). The summed E-state index contributed by atoms with van der Waals surface area (Å²) in [6.07, 6.45) is 0. The van der Waals surface area contributed by atoms with Crippen LogP contribution in [0.2, 0.25) is 0 Å². The lowest BCUT2D eigenvalue weighted by atomic mass is 10.0. The first kappa shape index (κ1) is 14.1. The Hall–Kier alpha value is -1.95. The fraction of sp³-hybridized carbons (Fsp3) is 0.417. The summed E-state index contributed by atoms with van der Waals surface area (Å²) in [5.74, 6) is -0.144. The Morgan fingerprint density at radius 1 is 1.28 bits per heavy atom. The molecule has 3 N–H and O–H groups in total. The number of aliphatic carboxylic acids is 1. The van der Waals surface area contributed by atoms with E-state index in [4.69, 9.17) is 20.3 Å². The number of nitrogens with zero attached hydrogens (tertiary/aromatic N) is 1. The van der Waals surface area contributed by atoms with Crippen LogP contribution in [-0.4, -0.2) is 39.4 Å². The molecular formula is C12H18N2O4. The Bertz CT molecular complexity index is 446. The molecule has 1 aromatic rings. The fourth-order valence-corrected chi connectivity index (χ4v) is 1.63. The molecule has 0 radical (unpaired) electrons. The van der Waals surface area contributed by atoms with Gasteiger partial charge in [-0.3, -0.25) is 4.79 Å². The summed E-state index contributed by atoms with van der Waals surface area (Å²) >= 11 is 0. The average Bonchev–Trinajstić information content (AvgIpc) is 2.35. The van der Waals surface area contributed by atoms with Gasteiger partial charge in [-0.15, -0.1) is 0 Å². The number of carboxylic acid groups (broad SMARTS) is 1. The van der Waals surface area contributed by atoms with Crippen molar-refractivity contribution in [2.75, 3.05) is 33.2 Å². The van der Waals surface area contributed by atoms with Gasteiger partial charge in [-0.2, -0.15) is 0 Å². The Morgan fingerprint density at radius 2 is 1.83 bits per heavy atom. The number of carboxylic acids is 1. The van der Waals surface area contributed by atoms with Gasteiger partial charge in [-0.05, 0) is 6.07 Å². The molecule has 0 fully saturated rings. The van der Waals surface area contributed by atoms with Crippen LogP contribution in [0.1, 0.15) is 11.6 Å². The second kappa shape index (κ2) is 5.59. The summed E-state index contributed by atoms with van der Waals surface area (Å²) < 4.78 is 10.4. The smallest absolute Gasteiger partial charge is 0.325 e. The van der Waals surface area contributed by atoms with Crippen molar-refractivity contribution in [2.24, 2.45) is 5.73 Å². The Morgan fingerprint density at radius 3 is 2.22 bits per heavy atom. The zero-order valence-electron chi connectivity index (χ0n) is 10.9. The minimum Gasteiger partial charge on any atom is -0.496 e. The number of methoxy groups -OCH3 is 2. The lowest BCUT2D eigenvalue weighted by molar-refractivity contribution is -0.138. The molecular weight excluding hydrogens is 236 g/mol. The number of carbonyl (C=O) groups is 1. The van der Waals surface area contributed by atoms with Crippen molar-refractivity contribution in [1.82, 2.24) is 0 Å². The monoisotopic (exact) mass is 254 g/mol. The zero-order valence-corrected chi connectivity index (χ0v) is 10.9. The molecule has 1 rings (SSSR count). The molecule has 0 aliphatic carbocycles. The van der Waals surface area contributed by atoms with Gasteiger partial charge < -0.3 is 25.2 Å². The van der Waals surface area contributed by atoms with E-state index in [2.05, 4.69) is 0 Å². The largest absolute Gasteiger partial charge is 0.496 e. The predicted octanol–water partition coefficient (Wildman–Crippen LogP) is 0.854. The molecule has 100 valence electrons. The predicted molar refractivity (Wildman–Crippen MR) is 68.4 cm³/mol. The molecule has 1 aromatic carbocycles. The van der Waals surface area contributed by atoms with Crippen LogP contribution in [-0.2, 0) is 4.79 Å². The lowest BCUT2D eigenvalue weighted by Gasteiger charge is -2.21. The number of anilines is 1. The summed E-state index contributed by atoms with van der Waals surface area (Å²) in [6, 6.07) is 2.15. The molecule has 0 aliphatic rings. The average molecular weight is 254 g/mol. The Kier molecular flexibility index (Phi) is 4.38. The minimum atomic E-state index is -1.15. The van der Waals surface area contributed by atoms with Gasteiger partial charge in [0.2, 0.25) is 0 Å². The SMILES string of the molecule is COc1cc(N(C)C)c(OC)cc1C(N)C(=O)O. The van der Waals surface area contributed by atoms with Crippen LogP contribution in [0.15, 0.2) is 12.1 Å². The van der Waals surface area contributed by atoms with Crippen molar-refractivity contribution in [3.8, 4) is 11.5 Å². The first-order chi connectivity index (χ1) is 8.42. The molecule has 1 unspecified atom stereocenters. The van der Waals surface area contributed by atoms with Gasteiger partial charge in [0.05, 0.1) is 19.9 Å². The van der Waals surface area contributed by atoms with Gasteiger partial charge in [0.1, 0.15) is 17.5 Å². The van der Waals surface area contributed by atoms with Crippen molar-refractivity contribution in [2.45, 2.75) is 6.04 Å². The Labute approximate surface area is 106 Å². The molecule has 18 heavy (non-hydrogen) atoms. The van der Waals surface area contributed by atoms with Gasteiger partial charge in [-0.25, -0.2) is 0 Å². The summed E-state index contributed by atoms with van der Waals surface area (Å²) in [5.41, 5.74) is 6.78. The van der Waals surface area contributed by atoms with E-state index in [1.807, 2.05) is 19.0 Å². The summed E-state index contributed by atoms with van der Waals surface area (Å²) in [7, 11) is 6.70. The highest BCUT2D eigenvalue weighted by Gasteiger charge is 2.22. The maximum atomic E-state index is 11.0. The van der Waals surface area contributed by atoms with E-state index in [1.165, 1.54) is 14.2 Å². The number of nitrogens with two attached hydrogens (primary N) is 1. The molecule has 1 atom stereocenters. The van der Waals surface area contributed by atoms with Crippen LogP contribution in [0.5, 0.6) is 11.5 Å². The van der Waals surface area contributed by atoms with Crippen LogP contribution in [0.25, 0.3) is 0 Å². The third-order valence-corrected chi connectivity index (χ3v) is 2.61. The van der Waals surface area contributed by atoms with Gasteiger partial charge in [0, 0.05) is 25.7 Å². The fourth-order valence-electron chi connectivity index (χ4n) is 1.63. The molecule has 0 aliphatic heterocycles. The molecule has 0 saturated heterocycles. The third-order valence-electron chi connectivity index (χ3n) is 2.61. The van der Waals surface area contributed by atoms with E-state index in [1.54, 1.807) is 12.1 Å². The summed E-state index contributed by atoms with van der Waals surface area (Å²) in [4.78, 5) is 12.8. The van der Waals surface area contributed by atoms with Gasteiger partial charge in [0.15, 0.2) is 0 Å². The van der Waals surface area contributed by atoms with Gasteiger partial charge in [-0.1, -0.05) is 0 Å². The number of benzene rings is 1. The number of ether oxygens (including phenoxy) is 2. The molecule has 0 heterocycles. The van der Waals surface area contributed by atoms with Crippen molar-refractivity contribution in [3.63, 3.8) is 0 Å². The van der Waals surface area contributed by atoms with Crippen LogP contribution in [0.4, 0.5) is 5.69 Å². The highest BCUT2D eigenvalue weighted by Crippen LogP contribution is 2.36. The molecule has 0 amide bonds. The molecule has 0 spiro atoms. The number of hydrogen-bond donors (Lipinski definition) is 2. The maximum absolute atomic E-state index is 11.0. The van der Waals surface area contributed by atoms with Crippen LogP contribution in [0, 0.1) is 0 Å². The molecule has 0 saturated carbocycles. The molecule has 6 heteroatoms. The summed E-state index contributed by atoms with van der Waals surface area (Å²) in [6.45, 7) is 0. The van der Waals surface area contributed by atoms with Crippen molar-refractivity contribution >= 4 is 11.7 Å². The second-order valence-electron chi connectivity index (χ2n) is 3.98. The van der Waals surface area contributed by atoms with Crippen molar-refractivity contribution in [1.29, 1.82) is 0 Å². The zero-order chi connectivity index (χ0) is 13.9. The first-order valence-electron chi connectivity index (χ1n) is 5.34. The number of hydrogen-bond acceptors (Lipinski definition) is 5. The maximum Gasteiger partial charge on any atom is 0.325 e. The topological polar surface area (TPSA) is 85.0 Å². The van der Waals surface area contributed by atoms with E-state index in [9.17, 15) is 4.79 Å². The molecule has 0 aromatic heterocycles. The molecule has 6 nitrogen and oxygen atoms in total. The second-order valence-corrected chi connectivity index (χ2v) is 3.98. The van der Waals surface area contributed by atoms with Crippen molar-refractivity contribution < 1.29 is 19.4 Å².